The van der Waals surface area contributed by atoms with Gasteiger partial charge in [0.1, 0.15) is 16.3 Å². The molecule has 0 aliphatic heterocycles. The summed E-state index contributed by atoms with van der Waals surface area (Å²) in [4.78, 5) is 17.2. The highest BCUT2D eigenvalue weighted by Gasteiger charge is 2.31. The van der Waals surface area contributed by atoms with Crippen LogP contribution >= 0.6 is 11.3 Å². The first kappa shape index (κ1) is 15.1. The SMILES string of the molecule is CC(O)(CNC(=O)c1scnc1C1CC1)c1ccc(F)cc1. The zero-order valence-corrected chi connectivity index (χ0v) is 13.0. The Morgan fingerprint density at radius 2 is 2.14 bits per heavy atom. The number of carbonyl (C=O) groups is 1. The third kappa shape index (κ3) is 3.18. The summed E-state index contributed by atoms with van der Waals surface area (Å²) >= 11 is 1.32. The molecule has 6 heteroatoms. The molecule has 2 aromatic rings. The van der Waals surface area contributed by atoms with Crippen molar-refractivity contribution in [2.45, 2.75) is 31.3 Å². The molecule has 0 radical (unpaired) electrons. The van der Waals surface area contributed by atoms with E-state index in [1.54, 1.807) is 12.4 Å². The fourth-order valence-corrected chi connectivity index (χ4v) is 3.11. The van der Waals surface area contributed by atoms with Crippen LogP contribution in [0.1, 0.15) is 46.6 Å². The molecule has 116 valence electrons. The van der Waals surface area contributed by atoms with Crippen molar-refractivity contribution in [1.29, 1.82) is 0 Å². The van der Waals surface area contributed by atoms with E-state index in [1.807, 2.05) is 0 Å². The summed E-state index contributed by atoms with van der Waals surface area (Å²) < 4.78 is 12.9. The van der Waals surface area contributed by atoms with Crippen molar-refractivity contribution in [1.82, 2.24) is 10.3 Å². The molecular formula is C16H17FN2O2S. The highest BCUT2D eigenvalue weighted by atomic mass is 32.1. The van der Waals surface area contributed by atoms with Crippen molar-refractivity contribution in [3.05, 3.63) is 51.7 Å². The third-order valence-corrected chi connectivity index (χ3v) is 4.67. The van der Waals surface area contributed by atoms with Gasteiger partial charge in [-0.25, -0.2) is 9.37 Å². The molecule has 1 amide bonds. The Morgan fingerprint density at radius 1 is 1.45 bits per heavy atom. The van der Waals surface area contributed by atoms with Crippen molar-refractivity contribution in [3.8, 4) is 0 Å². The van der Waals surface area contributed by atoms with Crippen LogP contribution in [0.2, 0.25) is 0 Å². The number of nitrogens with zero attached hydrogens (tertiary/aromatic N) is 1. The Kier molecular flexibility index (Phi) is 3.97. The average Bonchev–Trinajstić information content (AvgIpc) is 3.22. The number of aliphatic hydroxyl groups is 1. The molecule has 2 N–H and O–H groups in total. The van der Waals surface area contributed by atoms with Crippen LogP contribution < -0.4 is 5.32 Å². The summed E-state index contributed by atoms with van der Waals surface area (Å²) in [6, 6.07) is 5.62. The molecular weight excluding hydrogens is 303 g/mol. The van der Waals surface area contributed by atoms with Gasteiger partial charge < -0.3 is 10.4 Å². The van der Waals surface area contributed by atoms with E-state index in [-0.39, 0.29) is 18.3 Å². The molecule has 0 saturated heterocycles. The molecule has 1 aromatic heterocycles. The average molecular weight is 320 g/mol. The van der Waals surface area contributed by atoms with Crippen molar-refractivity contribution in [3.63, 3.8) is 0 Å². The van der Waals surface area contributed by atoms with E-state index in [1.165, 1.54) is 35.6 Å². The van der Waals surface area contributed by atoms with E-state index in [0.717, 1.165) is 18.5 Å². The normalized spacial score (nSPS) is 17.0. The predicted octanol–water partition coefficient (Wildman–Crippen LogP) is 2.80. The van der Waals surface area contributed by atoms with Gasteiger partial charge in [0.2, 0.25) is 0 Å². The summed E-state index contributed by atoms with van der Waals surface area (Å²) in [5, 5.41) is 13.2. The predicted molar refractivity (Wildman–Crippen MR) is 82.4 cm³/mol. The second kappa shape index (κ2) is 5.78. The van der Waals surface area contributed by atoms with Gasteiger partial charge in [0.15, 0.2) is 0 Å². The minimum Gasteiger partial charge on any atom is -0.384 e. The van der Waals surface area contributed by atoms with Gasteiger partial charge in [-0.2, -0.15) is 0 Å². The lowest BCUT2D eigenvalue weighted by Gasteiger charge is -2.24. The van der Waals surface area contributed by atoms with Gasteiger partial charge >= 0.3 is 0 Å². The molecule has 1 aromatic carbocycles. The van der Waals surface area contributed by atoms with E-state index in [2.05, 4.69) is 10.3 Å². The number of nitrogens with one attached hydrogen (secondary N) is 1. The van der Waals surface area contributed by atoms with E-state index in [4.69, 9.17) is 0 Å². The number of hydrogen-bond donors (Lipinski definition) is 2. The Bertz CT molecular complexity index is 678. The smallest absolute Gasteiger partial charge is 0.263 e. The third-order valence-electron chi connectivity index (χ3n) is 3.82. The largest absolute Gasteiger partial charge is 0.384 e. The number of benzene rings is 1. The maximum absolute atomic E-state index is 12.9. The fraction of sp³-hybridized carbons (Fsp3) is 0.375. The number of aromatic nitrogens is 1. The Morgan fingerprint density at radius 3 is 2.77 bits per heavy atom. The maximum atomic E-state index is 12.9. The van der Waals surface area contributed by atoms with Gasteiger partial charge in [0, 0.05) is 5.92 Å². The molecule has 1 saturated carbocycles. The first-order valence-corrected chi connectivity index (χ1v) is 8.05. The zero-order valence-electron chi connectivity index (χ0n) is 12.2. The summed E-state index contributed by atoms with van der Waals surface area (Å²) in [6.07, 6.45) is 2.16. The van der Waals surface area contributed by atoms with Crippen LogP contribution in [0.4, 0.5) is 4.39 Å². The highest BCUT2D eigenvalue weighted by Crippen LogP contribution is 2.41. The van der Waals surface area contributed by atoms with Gasteiger partial charge in [0.05, 0.1) is 17.7 Å². The first-order chi connectivity index (χ1) is 10.5. The van der Waals surface area contributed by atoms with Crippen LogP contribution in [-0.2, 0) is 5.60 Å². The molecule has 0 spiro atoms. The van der Waals surface area contributed by atoms with Crippen LogP contribution in [0, 0.1) is 5.82 Å². The highest BCUT2D eigenvalue weighted by molar-refractivity contribution is 7.11. The molecule has 0 bridgehead atoms. The maximum Gasteiger partial charge on any atom is 0.263 e. The molecule has 4 nitrogen and oxygen atoms in total. The van der Waals surface area contributed by atoms with Crippen molar-refractivity contribution >= 4 is 17.2 Å². The number of amides is 1. The second-order valence-corrected chi connectivity index (χ2v) is 6.66. The van der Waals surface area contributed by atoms with Gasteiger partial charge in [-0.1, -0.05) is 12.1 Å². The van der Waals surface area contributed by atoms with Gasteiger partial charge in [-0.3, -0.25) is 4.79 Å². The number of carbonyl (C=O) groups excluding carboxylic acids is 1. The Hall–Kier alpha value is -1.79. The van der Waals surface area contributed by atoms with E-state index in [9.17, 15) is 14.3 Å². The minimum absolute atomic E-state index is 0.0550. The van der Waals surface area contributed by atoms with Crippen LogP contribution in [-0.4, -0.2) is 22.5 Å². The number of hydrogen-bond acceptors (Lipinski definition) is 4. The topological polar surface area (TPSA) is 62.2 Å². The molecule has 1 heterocycles. The van der Waals surface area contributed by atoms with Crippen molar-refractivity contribution in [2.75, 3.05) is 6.54 Å². The van der Waals surface area contributed by atoms with Crippen molar-refractivity contribution < 1.29 is 14.3 Å². The van der Waals surface area contributed by atoms with E-state index >= 15 is 0 Å². The van der Waals surface area contributed by atoms with E-state index < -0.39 is 5.60 Å². The van der Waals surface area contributed by atoms with Gasteiger partial charge in [-0.15, -0.1) is 11.3 Å². The monoisotopic (exact) mass is 320 g/mol. The zero-order chi connectivity index (χ0) is 15.7. The molecule has 3 rings (SSSR count). The molecule has 1 aliphatic rings. The van der Waals surface area contributed by atoms with Crippen molar-refractivity contribution in [2.24, 2.45) is 0 Å². The Labute approximate surface area is 132 Å². The fourth-order valence-electron chi connectivity index (χ4n) is 2.32. The lowest BCUT2D eigenvalue weighted by Crippen LogP contribution is -2.38. The quantitative estimate of drug-likeness (QED) is 0.890. The van der Waals surface area contributed by atoms with E-state index in [0.29, 0.717) is 16.4 Å². The van der Waals surface area contributed by atoms with Crippen LogP contribution in [0.5, 0.6) is 0 Å². The minimum atomic E-state index is -1.26. The summed E-state index contributed by atoms with van der Waals surface area (Å²) in [6.45, 7) is 1.65. The summed E-state index contributed by atoms with van der Waals surface area (Å²) in [5.41, 5.74) is 1.85. The lowest BCUT2D eigenvalue weighted by molar-refractivity contribution is 0.0526. The molecule has 1 fully saturated rings. The van der Waals surface area contributed by atoms with Crippen LogP contribution in [0.3, 0.4) is 0 Å². The molecule has 22 heavy (non-hydrogen) atoms. The van der Waals surface area contributed by atoms with Crippen LogP contribution in [0.25, 0.3) is 0 Å². The number of thiazole rings is 1. The standard InChI is InChI=1S/C16H17FN2O2S/c1-16(21,11-4-6-12(17)7-5-11)8-18-15(20)14-13(10-2-3-10)19-9-22-14/h4-7,9-10,21H,2-3,8H2,1H3,(H,18,20). The summed E-state index contributed by atoms with van der Waals surface area (Å²) in [5.74, 6) is -0.168. The Balaban J connectivity index is 1.67. The molecule has 1 aliphatic carbocycles. The molecule has 1 unspecified atom stereocenters. The second-order valence-electron chi connectivity index (χ2n) is 5.80. The summed E-state index contributed by atoms with van der Waals surface area (Å²) in [7, 11) is 0. The molecule has 1 atom stereocenters. The lowest BCUT2D eigenvalue weighted by atomic mass is 9.96. The van der Waals surface area contributed by atoms with Gasteiger partial charge in [0.25, 0.3) is 5.91 Å². The number of halogens is 1. The van der Waals surface area contributed by atoms with Crippen LogP contribution in [0.15, 0.2) is 29.8 Å². The van der Waals surface area contributed by atoms with Gasteiger partial charge in [-0.05, 0) is 37.5 Å². The number of rotatable bonds is 5. The first-order valence-electron chi connectivity index (χ1n) is 7.17.